The van der Waals surface area contributed by atoms with Gasteiger partial charge >= 0.3 is 0 Å². The van der Waals surface area contributed by atoms with E-state index in [1.807, 2.05) is 18.2 Å². The van der Waals surface area contributed by atoms with E-state index in [1.54, 1.807) is 23.6 Å². The second-order valence-corrected chi connectivity index (χ2v) is 4.66. The third kappa shape index (κ3) is 1.85. The minimum absolute atomic E-state index is 0.0451. The highest BCUT2D eigenvalue weighted by molar-refractivity contribution is 6.12. The maximum atomic E-state index is 12.6. The van der Waals surface area contributed by atoms with Crippen LogP contribution in [0.3, 0.4) is 0 Å². The van der Waals surface area contributed by atoms with Gasteiger partial charge in [-0.3, -0.25) is 14.2 Å². The summed E-state index contributed by atoms with van der Waals surface area (Å²) in [7, 11) is 0. The van der Waals surface area contributed by atoms with Gasteiger partial charge in [-0.25, -0.2) is 0 Å². The molecule has 0 atom stereocenters. The van der Waals surface area contributed by atoms with Crippen LogP contribution in [-0.4, -0.2) is 16.9 Å². The van der Waals surface area contributed by atoms with Gasteiger partial charge in [-0.2, -0.15) is 0 Å². The Bertz CT molecular complexity index is 702. The normalized spacial score (nSPS) is 12.9. The number of nitrogens with zero attached hydrogens (tertiary/aromatic N) is 1. The number of carbonyl (C=O) groups excluding carboxylic acids is 1. The predicted octanol–water partition coefficient (Wildman–Crippen LogP) is 1.81. The second-order valence-electron chi connectivity index (χ2n) is 4.66. The molecule has 1 aromatic heterocycles. The molecule has 0 unspecified atom stereocenters. The zero-order valence-electron chi connectivity index (χ0n) is 10.6. The Labute approximate surface area is 110 Å². The van der Waals surface area contributed by atoms with Crippen LogP contribution in [0.2, 0.25) is 0 Å². The molecule has 1 N–H and O–H groups in total. The number of rotatable bonds is 2. The molecule has 0 radical (unpaired) electrons. The molecule has 0 saturated carbocycles. The second kappa shape index (κ2) is 4.39. The van der Waals surface area contributed by atoms with E-state index in [4.69, 9.17) is 0 Å². The fourth-order valence-electron chi connectivity index (χ4n) is 2.48. The fourth-order valence-corrected chi connectivity index (χ4v) is 2.48. The van der Waals surface area contributed by atoms with Crippen molar-refractivity contribution in [2.45, 2.75) is 13.5 Å². The summed E-state index contributed by atoms with van der Waals surface area (Å²) >= 11 is 0. The Kier molecular flexibility index (Phi) is 2.71. The van der Waals surface area contributed by atoms with Crippen molar-refractivity contribution in [2.75, 3.05) is 11.9 Å². The molecule has 3 rings (SSSR count). The maximum absolute atomic E-state index is 12.6. The molecule has 1 aliphatic rings. The van der Waals surface area contributed by atoms with Crippen molar-refractivity contribution in [3.63, 3.8) is 0 Å². The summed E-state index contributed by atoms with van der Waals surface area (Å²) in [5.41, 5.74) is 1.91. The van der Waals surface area contributed by atoms with Gasteiger partial charge in [0, 0.05) is 24.7 Å². The first-order valence-corrected chi connectivity index (χ1v) is 6.26. The van der Waals surface area contributed by atoms with Crippen molar-refractivity contribution >= 4 is 11.6 Å². The van der Waals surface area contributed by atoms with Crippen molar-refractivity contribution in [2.24, 2.45) is 0 Å². The highest BCUT2D eigenvalue weighted by Crippen LogP contribution is 2.24. The van der Waals surface area contributed by atoms with E-state index >= 15 is 0 Å². The molecule has 4 heteroatoms. The molecular formula is C15H14N2O2. The van der Waals surface area contributed by atoms with E-state index in [1.165, 1.54) is 6.07 Å². The van der Waals surface area contributed by atoms with Crippen molar-refractivity contribution < 1.29 is 4.79 Å². The maximum Gasteiger partial charge on any atom is 0.252 e. The van der Waals surface area contributed by atoms with E-state index < -0.39 is 0 Å². The van der Waals surface area contributed by atoms with Crippen molar-refractivity contribution in [3.05, 3.63) is 63.4 Å². The topological polar surface area (TPSA) is 51.1 Å². The molecule has 0 fully saturated rings. The van der Waals surface area contributed by atoms with Gasteiger partial charge in [-0.1, -0.05) is 30.3 Å². The number of hydrogen-bond donors (Lipinski definition) is 1. The summed E-state index contributed by atoms with van der Waals surface area (Å²) in [5, 5.41) is 3.14. The van der Waals surface area contributed by atoms with Gasteiger partial charge in [0.1, 0.15) is 5.82 Å². The van der Waals surface area contributed by atoms with Crippen LogP contribution in [0.15, 0.2) is 41.2 Å². The lowest BCUT2D eigenvalue weighted by molar-refractivity contribution is 0.103. The zero-order chi connectivity index (χ0) is 13.4. The minimum atomic E-state index is -0.0536. The largest absolute Gasteiger partial charge is 0.369 e. The molecule has 0 amide bonds. The van der Waals surface area contributed by atoms with Crippen LogP contribution in [0.1, 0.15) is 21.5 Å². The quantitative estimate of drug-likeness (QED) is 0.832. The van der Waals surface area contributed by atoms with Gasteiger partial charge in [0.2, 0.25) is 0 Å². The standard InChI is InChI=1S/C15H14N2O2/c1-10-9-12(18)17-8-7-16-15(17)13(10)14(19)11-5-3-2-4-6-11/h2-6,9,16H,7-8H2,1H3. The highest BCUT2D eigenvalue weighted by Gasteiger charge is 2.23. The molecule has 1 aromatic carbocycles. The van der Waals surface area contributed by atoms with Gasteiger partial charge in [-0.05, 0) is 12.5 Å². The summed E-state index contributed by atoms with van der Waals surface area (Å²) < 4.78 is 1.63. The molecular weight excluding hydrogens is 240 g/mol. The first-order chi connectivity index (χ1) is 9.18. The van der Waals surface area contributed by atoms with E-state index in [0.29, 0.717) is 30.0 Å². The summed E-state index contributed by atoms with van der Waals surface area (Å²) in [6.07, 6.45) is 0. The van der Waals surface area contributed by atoms with E-state index in [0.717, 1.165) is 5.56 Å². The number of ketones is 1. The number of fused-ring (bicyclic) bond motifs is 1. The zero-order valence-corrected chi connectivity index (χ0v) is 10.6. The molecule has 96 valence electrons. The van der Waals surface area contributed by atoms with Crippen LogP contribution < -0.4 is 10.9 Å². The number of aryl methyl sites for hydroxylation is 1. The average Bonchev–Trinajstić information content (AvgIpc) is 2.89. The van der Waals surface area contributed by atoms with E-state index in [9.17, 15) is 9.59 Å². The van der Waals surface area contributed by atoms with Crippen LogP contribution in [0, 0.1) is 6.92 Å². The molecule has 4 nitrogen and oxygen atoms in total. The molecule has 0 saturated heterocycles. The summed E-state index contributed by atoms with van der Waals surface area (Å²) in [6.45, 7) is 3.11. The lowest BCUT2D eigenvalue weighted by Crippen LogP contribution is -2.21. The molecule has 1 aliphatic heterocycles. The summed E-state index contributed by atoms with van der Waals surface area (Å²) in [4.78, 5) is 24.4. The third-order valence-electron chi connectivity index (χ3n) is 3.40. The highest BCUT2D eigenvalue weighted by atomic mass is 16.1. The van der Waals surface area contributed by atoms with Gasteiger partial charge < -0.3 is 5.32 Å². The number of nitrogens with one attached hydrogen (secondary N) is 1. The number of pyridine rings is 1. The van der Waals surface area contributed by atoms with Crippen LogP contribution >= 0.6 is 0 Å². The number of aromatic nitrogens is 1. The Hall–Kier alpha value is -2.36. The molecule has 0 aliphatic carbocycles. The molecule has 2 heterocycles. The van der Waals surface area contributed by atoms with Crippen LogP contribution in [0.25, 0.3) is 0 Å². The molecule has 0 spiro atoms. The minimum Gasteiger partial charge on any atom is -0.369 e. The number of carbonyl (C=O) groups is 1. The summed E-state index contributed by atoms with van der Waals surface area (Å²) in [5.74, 6) is 0.607. The van der Waals surface area contributed by atoms with Crippen LogP contribution in [-0.2, 0) is 6.54 Å². The van der Waals surface area contributed by atoms with Gasteiger partial charge in [0.25, 0.3) is 5.56 Å². The molecule has 19 heavy (non-hydrogen) atoms. The SMILES string of the molecule is Cc1cc(=O)n2c(c1C(=O)c1ccccc1)NCC2. The lowest BCUT2D eigenvalue weighted by Gasteiger charge is -2.11. The summed E-state index contributed by atoms with van der Waals surface area (Å²) in [6, 6.07) is 10.7. The van der Waals surface area contributed by atoms with Gasteiger partial charge in [0.05, 0.1) is 5.56 Å². The predicted molar refractivity (Wildman–Crippen MR) is 73.8 cm³/mol. The number of benzene rings is 1. The van der Waals surface area contributed by atoms with Gasteiger partial charge in [0.15, 0.2) is 5.78 Å². The Morgan fingerprint density at radius 2 is 2.00 bits per heavy atom. The van der Waals surface area contributed by atoms with Crippen molar-refractivity contribution in [3.8, 4) is 0 Å². The monoisotopic (exact) mass is 254 g/mol. The first kappa shape index (κ1) is 11.7. The first-order valence-electron chi connectivity index (χ1n) is 6.26. The van der Waals surface area contributed by atoms with Crippen molar-refractivity contribution in [1.29, 1.82) is 0 Å². The van der Waals surface area contributed by atoms with E-state index in [2.05, 4.69) is 5.32 Å². The number of hydrogen-bond acceptors (Lipinski definition) is 3. The molecule has 0 bridgehead atoms. The number of anilines is 1. The van der Waals surface area contributed by atoms with Crippen LogP contribution in [0.5, 0.6) is 0 Å². The average molecular weight is 254 g/mol. The Morgan fingerprint density at radius 1 is 1.26 bits per heavy atom. The lowest BCUT2D eigenvalue weighted by atomic mass is 10.00. The molecule has 2 aromatic rings. The van der Waals surface area contributed by atoms with Gasteiger partial charge in [-0.15, -0.1) is 0 Å². The Balaban J connectivity index is 2.19. The fraction of sp³-hybridized carbons (Fsp3) is 0.200. The van der Waals surface area contributed by atoms with Crippen LogP contribution in [0.4, 0.5) is 5.82 Å². The third-order valence-corrected chi connectivity index (χ3v) is 3.40. The van der Waals surface area contributed by atoms with Crippen molar-refractivity contribution in [1.82, 2.24) is 4.57 Å². The smallest absolute Gasteiger partial charge is 0.252 e. The Morgan fingerprint density at radius 3 is 2.74 bits per heavy atom. The van der Waals surface area contributed by atoms with E-state index in [-0.39, 0.29) is 11.3 Å².